The largest absolute Gasteiger partial charge is 0.466 e. The van der Waals surface area contributed by atoms with E-state index < -0.39 is 18.2 Å². The van der Waals surface area contributed by atoms with Gasteiger partial charge in [0, 0.05) is 6.20 Å². The van der Waals surface area contributed by atoms with Crippen molar-refractivity contribution in [3.8, 4) is 0 Å². The summed E-state index contributed by atoms with van der Waals surface area (Å²) < 4.78 is 4.67. The number of rotatable bonds is 5. The molecule has 18 heavy (non-hydrogen) atoms. The monoisotopic (exact) mass is 274 g/mol. The Morgan fingerprint density at radius 2 is 2.28 bits per heavy atom. The number of nitrogen functional groups attached to an aromatic ring is 1. The number of nitrogens with zero attached hydrogens (tertiary/aromatic N) is 1. The van der Waals surface area contributed by atoms with Gasteiger partial charge in [0.15, 0.2) is 0 Å². The van der Waals surface area contributed by atoms with Gasteiger partial charge in [0.1, 0.15) is 6.10 Å². The Kier molecular flexibility index (Phi) is 5.33. The lowest BCUT2D eigenvalue weighted by Crippen LogP contribution is -2.24. The summed E-state index contributed by atoms with van der Waals surface area (Å²) in [5, 5.41) is 19.8. The van der Waals surface area contributed by atoms with Crippen molar-refractivity contribution in [3.05, 3.63) is 23.0 Å². The summed E-state index contributed by atoms with van der Waals surface area (Å²) in [4.78, 5) is 15.0. The molecule has 0 amide bonds. The van der Waals surface area contributed by atoms with Crippen LogP contribution in [-0.2, 0) is 9.53 Å². The van der Waals surface area contributed by atoms with Crippen LogP contribution in [-0.4, -0.2) is 33.9 Å². The van der Waals surface area contributed by atoms with Crippen molar-refractivity contribution < 1.29 is 19.7 Å². The number of nitrogens with two attached hydrogens (primary N) is 1. The first-order chi connectivity index (χ1) is 8.45. The Balaban J connectivity index is 2.73. The number of aromatic nitrogens is 1. The lowest BCUT2D eigenvalue weighted by molar-refractivity contribution is -0.147. The van der Waals surface area contributed by atoms with E-state index in [9.17, 15) is 15.0 Å². The molecule has 0 aliphatic heterocycles. The zero-order valence-electron chi connectivity index (χ0n) is 9.84. The molecule has 0 saturated heterocycles. The van der Waals surface area contributed by atoms with E-state index in [1.807, 2.05) is 0 Å². The number of pyridine rings is 1. The number of anilines is 1. The van der Waals surface area contributed by atoms with Crippen LogP contribution in [0.25, 0.3) is 0 Å². The van der Waals surface area contributed by atoms with Crippen LogP contribution >= 0.6 is 11.6 Å². The highest BCUT2D eigenvalue weighted by Crippen LogP contribution is 2.24. The number of carbonyl (C=O) groups is 1. The molecular formula is C11H15ClN2O4. The van der Waals surface area contributed by atoms with Gasteiger partial charge in [-0.1, -0.05) is 11.6 Å². The summed E-state index contributed by atoms with van der Waals surface area (Å²) in [7, 11) is 0. The molecule has 100 valence electrons. The van der Waals surface area contributed by atoms with E-state index in [0.29, 0.717) is 5.02 Å². The Morgan fingerprint density at radius 1 is 1.61 bits per heavy atom. The number of aliphatic hydroxyl groups excluding tert-OH is 2. The molecule has 1 heterocycles. The van der Waals surface area contributed by atoms with Gasteiger partial charge in [0.05, 0.1) is 35.5 Å². The lowest BCUT2D eigenvalue weighted by Gasteiger charge is -2.18. The number of carbonyl (C=O) groups excluding carboxylic acids is 1. The van der Waals surface area contributed by atoms with E-state index in [1.165, 1.54) is 12.3 Å². The molecule has 2 atom stereocenters. The summed E-state index contributed by atoms with van der Waals surface area (Å²) in [5.74, 6) is -0.600. The lowest BCUT2D eigenvalue weighted by atomic mass is 10.1. The smallest absolute Gasteiger partial charge is 0.308 e. The van der Waals surface area contributed by atoms with E-state index in [-0.39, 0.29) is 24.4 Å². The molecular weight excluding hydrogens is 260 g/mol. The van der Waals surface area contributed by atoms with Crippen molar-refractivity contribution in [2.75, 3.05) is 12.3 Å². The third-order valence-electron chi connectivity index (χ3n) is 2.24. The summed E-state index contributed by atoms with van der Waals surface area (Å²) in [6, 6.07) is 1.41. The third kappa shape index (κ3) is 3.83. The first kappa shape index (κ1) is 14.7. The van der Waals surface area contributed by atoms with Crippen LogP contribution in [0, 0.1) is 0 Å². The van der Waals surface area contributed by atoms with Crippen LogP contribution in [0.1, 0.15) is 25.1 Å². The highest BCUT2D eigenvalue weighted by atomic mass is 35.5. The number of halogens is 1. The van der Waals surface area contributed by atoms with Gasteiger partial charge >= 0.3 is 5.97 Å². The second kappa shape index (κ2) is 6.53. The van der Waals surface area contributed by atoms with Crippen LogP contribution in [0.2, 0.25) is 5.02 Å². The van der Waals surface area contributed by atoms with Crippen LogP contribution in [0.15, 0.2) is 12.3 Å². The SMILES string of the molecule is CCOC(=O)CC(O)C(O)c1ncc(Cl)cc1N. The molecule has 1 aromatic rings. The van der Waals surface area contributed by atoms with E-state index >= 15 is 0 Å². The number of hydrogen-bond donors (Lipinski definition) is 3. The normalized spacial score (nSPS) is 14.0. The van der Waals surface area contributed by atoms with Gasteiger partial charge in [-0.05, 0) is 13.0 Å². The molecule has 0 radical (unpaired) electrons. The fourth-order valence-corrected chi connectivity index (χ4v) is 1.56. The molecule has 7 heteroatoms. The first-order valence-corrected chi connectivity index (χ1v) is 5.76. The average Bonchev–Trinajstić information content (AvgIpc) is 2.28. The zero-order chi connectivity index (χ0) is 13.7. The molecule has 6 nitrogen and oxygen atoms in total. The maximum absolute atomic E-state index is 11.2. The van der Waals surface area contributed by atoms with E-state index in [1.54, 1.807) is 6.92 Å². The topological polar surface area (TPSA) is 106 Å². The van der Waals surface area contributed by atoms with Gasteiger partial charge in [0.25, 0.3) is 0 Å². The van der Waals surface area contributed by atoms with Crippen LogP contribution in [0.5, 0.6) is 0 Å². The van der Waals surface area contributed by atoms with E-state index in [0.717, 1.165) is 0 Å². The van der Waals surface area contributed by atoms with Crippen LogP contribution in [0.3, 0.4) is 0 Å². The molecule has 0 aliphatic carbocycles. The van der Waals surface area contributed by atoms with Gasteiger partial charge in [-0.3, -0.25) is 9.78 Å². The molecule has 1 aromatic heterocycles. The number of aliphatic hydroxyl groups is 2. The third-order valence-corrected chi connectivity index (χ3v) is 2.45. The first-order valence-electron chi connectivity index (χ1n) is 5.38. The van der Waals surface area contributed by atoms with Gasteiger partial charge in [-0.15, -0.1) is 0 Å². The van der Waals surface area contributed by atoms with E-state index in [4.69, 9.17) is 17.3 Å². The quantitative estimate of drug-likeness (QED) is 0.681. The predicted molar refractivity (Wildman–Crippen MR) is 65.9 cm³/mol. The number of ether oxygens (including phenoxy) is 1. The van der Waals surface area contributed by atoms with E-state index in [2.05, 4.69) is 9.72 Å². The molecule has 0 aromatic carbocycles. The summed E-state index contributed by atoms with van der Waals surface area (Å²) in [6.45, 7) is 1.86. The minimum atomic E-state index is -1.37. The molecule has 0 saturated carbocycles. The molecule has 4 N–H and O–H groups in total. The average molecular weight is 275 g/mol. The van der Waals surface area contributed by atoms with Gasteiger partial charge in [-0.25, -0.2) is 0 Å². The highest BCUT2D eigenvalue weighted by molar-refractivity contribution is 6.30. The predicted octanol–water partition coefficient (Wildman–Crippen LogP) is 0.665. The molecule has 1 rings (SSSR count). The van der Waals surface area contributed by atoms with Gasteiger partial charge in [-0.2, -0.15) is 0 Å². The van der Waals surface area contributed by atoms with Crippen molar-refractivity contribution in [2.24, 2.45) is 0 Å². The molecule has 0 aliphatic rings. The van der Waals surface area contributed by atoms with Gasteiger partial charge in [0.2, 0.25) is 0 Å². The van der Waals surface area contributed by atoms with Crippen molar-refractivity contribution in [2.45, 2.75) is 25.6 Å². The van der Waals surface area contributed by atoms with Crippen molar-refractivity contribution in [1.82, 2.24) is 4.98 Å². The van der Waals surface area contributed by atoms with Crippen molar-refractivity contribution in [3.63, 3.8) is 0 Å². The minimum Gasteiger partial charge on any atom is -0.466 e. The standard InChI is InChI=1S/C11H15ClN2O4/c1-2-18-9(16)4-8(15)11(17)10-7(13)3-6(12)5-14-10/h3,5,8,11,15,17H,2,4,13H2,1H3. The maximum Gasteiger partial charge on any atom is 0.308 e. The zero-order valence-corrected chi connectivity index (χ0v) is 10.6. The summed E-state index contributed by atoms with van der Waals surface area (Å²) in [5.41, 5.74) is 5.85. The Morgan fingerprint density at radius 3 is 2.83 bits per heavy atom. The minimum absolute atomic E-state index is 0.0798. The maximum atomic E-state index is 11.2. The van der Waals surface area contributed by atoms with Crippen molar-refractivity contribution >= 4 is 23.3 Å². The second-order valence-corrected chi connectivity index (χ2v) is 4.09. The molecule has 0 spiro atoms. The Hall–Kier alpha value is -1.37. The van der Waals surface area contributed by atoms with Crippen LogP contribution in [0.4, 0.5) is 5.69 Å². The molecule has 2 unspecified atom stereocenters. The summed E-state index contributed by atoms with van der Waals surface area (Å²) in [6.07, 6.45) is -1.74. The molecule has 0 fully saturated rings. The Labute approximate surface area is 109 Å². The number of esters is 1. The Bertz CT molecular complexity index is 428. The number of hydrogen-bond acceptors (Lipinski definition) is 6. The fraction of sp³-hybridized carbons (Fsp3) is 0.455. The molecule has 0 bridgehead atoms. The highest BCUT2D eigenvalue weighted by Gasteiger charge is 2.25. The van der Waals surface area contributed by atoms with Crippen molar-refractivity contribution in [1.29, 1.82) is 0 Å². The summed E-state index contributed by atoms with van der Waals surface area (Å²) >= 11 is 5.67. The van der Waals surface area contributed by atoms with Crippen LogP contribution < -0.4 is 5.73 Å². The van der Waals surface area contributed by atoms with Gasteiger partial charge < -0.3 is 20.7 Å². The second-order valence-electron chi connectivity index (χ2n) is 3.65. The fourth-order valence-electron chi connectivity index (χ4n) is 1.40.